The maximum atomic E-state index is 12.3. The normalized spacial score (nSPS) is 16.7. The third-order valence-corrected chi connectivity index (χ3v) is 5.52. The minimum Gasteiger partial charge on any atom is -0.465 e. The van der Waals surface area contributed by atoms with Crippen molar-refractivity contribution in [3.8, 4) is 0 Å². The molecule has 0 saturated carbocycles. The molecule has 1 amide bonds. The van der Waals surface area contributed by atoms with Crippen LogP contribution < -0.4 is 5.32 Å². The lowest BCUT2D eigenvalue weighted by molar-refractivity contribution is 0.0601. The van der Waals surface area contributed by atoms with Gasteiger partial charge in [-0.05, 0) is 58.8 Å². The van der Waals surface area contributed by atoms with Crippen molar-refractivity contribution in [1.29, 1.82) is 0 Å². The van der Waals surface area contributed by atoms with Crippen LogP contribution in [0.3, 0.4) is 0 Å². The molecule has 5 nitrogen and oxygen atoms in total. The summed E-state index contributed by atoms with van der Waals surface area (Å²) in [4.78, 5) is 25.6. The van der Waals surface area contributed by atoms with Gasteiger partial charge >= 0.3 is 5.97 Å². The third-order valence-electron chi connectivity index (χ3n) is 3.93. The van der Waals surface area contributed by atoms with Crippen LogP contribution >= 0.6 is 27.3 Å². The number of amides is 1. The summed E-state index contributed by atoms with van der Waals surface area (Å²) in [5, 5.41) is 3.33. The van der Waals surface area contributed by atoms with Gasteiger partial charge in [-0.3, -0.25) is 4.79 Å². The first kappa shape index (κ1) is 16.3. The third kappa shape index (κ3) is 3.21. The molecule has 1 N–H and O–H groups in total. The van der Waals surface area contributed by atoms with Crippen LogP contribution in [0.4, 0.5) is 5.00 Å². The van der Waals surface area contributed by atoms with E-state index < -0.39 is 5.97 Å². The quantitative estimate of drug-likeness (QED) is 0.785. The Morgan fingerprint density at radius 1 is 1.43 bits per heavy atom. The van der Waals surface area contributed by atoms with Gasteiger partial charge in [0.15, 0.2) is 10.4 Å². The summed E-state index contributed by atoms with van der Waals surface area (Å²) in [7, 11) is 1.35. The van der Waals surface area contributed by atoms with Crippen LogP contribution in [0.25, 0.3) is 0 Å². The van der Waals surface area contributed by atoms with E-state index in [4.69, 9.17) is 9.15 Å². The molecule has 7 heteroatoms. The molecule has 2 heterocycles. The second-order valence-corrected chi connectivity index (χ2v) is 7.49. The largest absolute Gasteiger partial charge is 0.465 e. The molecular formula is C16H16BrNO4S. The standard InChI is InChI=1S/C16H16BrNO4S/c1-8-3-4-9-11(7-8)23-15(13(9)16(20)21-2)18-14(19)10-5-6-12(17)22-10/h5-6,8H,3-4,7H2,1-2H3,(H,18,19)/t8-/m1/s1. The number of thiophene rings is 1. The van der Waals surface area contributed by atoms with Crippen LogP contribution in [0.15, 0.2) is 21.2 Å². The summed E-state index contributed by atoms with van der Waals surface area (Å²) < 4.78 is 10.6. The zero-order valence-electron chi connectivity index (χ0n) is 12.8. The predicted octanol–water partition coefficient (Wildman–Crippen LogP) is 4.27. The van der Waals surface area contributed by atoms with Crippen molar-refractivity contribution in [1.82, 2.24) is 0 Å². The summed E-state index contributed by atoms with van der Waals surface area (Å²) in [5.74, 6) is -0.0239. The molecule has 3 rings (SSSR count). The molecular weight excluding hydrogens is 382 g/mol. The van der Waals surface area contributed by atoms with Gasteiger partial charge < -0.3 is 14.5 Å². The number of esters is 1. The van der Waals surface area contributed by atoms with Gasteiger partial charge in [0.2, 0.25) is 0 Å². The molecule has 0 saturated heterocycles. The number of methoxy groups -OCH3 is 1. The fraction of sp³-hybridized carbons (Fsp3) is 0.375. The molecule has 0 unspecified atom stereocenters. The summed E-state index contributed by atoms with van der Waals surface area (Å²) in [6, 6.07) is 3.23. The lowest BCUT2D eigenvalue weighted by Gasteiger charge is -2.18. The van der Waals surface area contributed by atoms with Gasteiger partial charge in [0, 0.05) is 4.88 Å². The summed E-state index contributed by atoms with van der Waals surface area (Å²) in [5.41, 5.74) is 1.49. The van der Waals surface area contributed by atoms with Crippen LogP contribution in [-0.4, -0.2) is 19.0 Å². The van der Waals surface area contributed by atoms with Gasteiger partial charge in [0.05, 0.1) is 12.7 Å². The molecule has 1 aliphatic carbocycles. The molecule has 0 spiro atoms. The van der Waals surface area contributed by atoms with Crippen LogP contribution in [0.2, 0.25) is 0 Å². The Morgan fingerprint density at radius 3 is 2.87 bits per heavy atom. The van der Waals surface area contributed by atoms with Gasteiger partial charge in [0.1, 0.15) is 5.00 Å². The molecule has 1 atom stereocenters. The highest BCUT2D eigenvalue weighted by molar-refractivity contribution is 9.10. The fourth-order valence-electron chi connectivity index (χ4n) is 2.76. The van der Waals surface area contributed by atoms with E-state index in [1.165, 1.54) is 18.4 Å². The number of ether oxygens (including phenoxy) is 1. The highest BCUT2D eigenvalue weighted by atomic mass is 79.9. The van der Waals surface area contributed by atoms with E-state index in [1.807, 2.05) is 0 Å². The second-order valence-electron chi connectivity index (χ2n) is 5.61. The number of carbonyl (C=O) groups excluding carboxylic acids is 2. The summed E-state index contributed by atoms with van der Waals surface area (Å²) in [6.07, 6.45) is 2.79. The molecule has 0 fully saturated rings. The van der Waals surface area contributed by atoms with Crippen LogP contribution in [0, 0.1) is 5.92 Å². The van der Waals surface area contributed by atoms with E-state index in [-0.39, 0.29) is 11.7 Å². The minimum absolute atomic E-state index is 0.187. The van der Waals surface area contributed by atoms with Crippen molar-refractivity contribution in [2.45, 2.75) is 26.2 Å². The zero-order chi connectivity index (χ0) is 16.6. The van der Waals surface area contributed by atoms with Crippen molar-refractivity contribution < 1.29 is 18.7 Å². The molecule has 2 aromatic heterocycles. The predicted molar refractivity (Wildman–Crippen MR) is 91.2 cm³/mol. The number of fused-ring (bicyclic) bond motifs is 1. The molecule has 0 radical (unpaired) electrons. The lowest BCUT2D eigenvalue weighted by atomic mass is 9.88. The highest BCUT2D eigenvalue weighted by Crippen LogP contribution is 2.40. The second kappa shape index (κ2) is 6.49. The molecule has 0 aliphatic heterocycles. The van der Waals surface area contributed by atoms with E-state index in [0.29, 0.717) is 21.2 Å². The Morgan fingerprint density at radius 2 is 2.22 bits per heavy atom. The van der Waals surface area contributed by atoms with Crippen molar-refractivity contribution in [3.05, 3.63) is 38.6 Å². The maximum absolute atomic E-state index is 12.3. The monoisotopic (exact) mass is 397 g/mol. The molecule has 2 aromatic rings. The molecule has 0 aromatic carbocycles. The average molecular weight is 398 g/mol. The number of rotatable bonds is 3. The molecule has 122 valence electrons. The number of carbonyl (C=O) groups is 2. The SMILES string of the molecule is COC(=O)c1c(NC(=O)c2ccc(Br)o2)sc2c1CC[C@@H](C)C2. The first-order valence-electron chi connectivity index (χ1n) is 7.29. The number of furan rings is 1. The van der Waals surface area contributed by atoms with Crippen LogP contribution in [0.1, 0.15) is 44.7 Å². The van der Waals surface area contributed by atoms with Gasteiger partial charge in [-0.1, -0.05) is 6.92 Å². The van der Waals surface area contributed by atoms with Crippen LogP contribution in [-0.2, 0) is 17.6 Å². The minimum atomic E-state index is -0.409. The van der Waals surface area contributed by atoms with Gasteiger partial charge in [0.25, 0.3) is 5.91 Å². The number of hydrogen-bond donors (Lipinski definition) is 1. The van der Waals surface area contributed by atoms with Crippen molar-refractivity contribution in [2.75, 3.05) is 12.4 Å². The Balaban J connectivity index is 1.95. The number of anilines is 1. The Hall–Kier alpha value is -1.60. The van der Waals surface area contributed by atoms with E-state index in [2.05, 4.69) is 28.2 Å². The van der Waals surface area contributed by atoms with E-state index in [0.717, 1.165) is 29.7 Å². The molecule has 1 aliphatic rings. The smallest absolute Gasteiger partial charge is 0.341 e. The van der Waals surface area contributed by atoms with Crippen molar-refractivity contribution >= 4 is 44.1 Å². The first-order chi connectivity index (χ1) is 11.0. The number of nitrogens with one attached hydrogen (secondary N) is 1. The Labute approximate surface area is 146 Å². The maximum Gasteiger partial charge on any atom is 0.341 e. The van der Waals surface area contributed by atoms with E-state index >= 15 is 0 Å². The molecule has 0 bridgehead atoms. The summed E-state index contributed by atoms with van der Waals surface area (Å²) in [6.45, 7) is 2.19. The Kier molecular flexibility index (Phi) is 4.59. The highest BCUT2D eigenvalue weighted by Gasteiger charge is 2.29. The van der Waals surface area contributed by atoms with Crippen molar-refractivity contribution in [3.63, 3.8) is 0 Å². The number of halogens is 1. The van der Waals surface area contributed by atoms with Gasteiger partial charge in [-0.25, -0.2) is 4.79 Å². The van der Waals surface area contributed by atoms with E-state index in [9.17, 15) is 9.59 Å². The molecule has 23 heavy (non-hydrogen) atoms. The number of hydrogen-bond acceptors (Lipinski definition) is 5. The van der Waals surface area contributed by atoms with Gasteiger partial charge in [-0.2, -0.15) is 0 Å². The zero-order valence-corrected chi connectivity index (χ0v) is 15.2. The fourth-order valence-corrected chi connectivity index (χ4v) is 4.46. The van der Waals surface area contributed by atoms with E-state index in [1.54, 1.807) is 12.1 Å². The topological polar surface area (TPSA) is 68.5 Å². The first-order valence-corrected chi connectivity index (χ1v) is 8.90. The average Bonchev–Trinajstić information content (AvgIpc) is 3.09. The lowest BCUT2D eigenvalue weighted by Crippen LogP contribution is -2.15. The van der Waals surface area contributed by atoms with Crippen molar-refractivity contribution in [2.24, 2.45) is 5.92 Å². The Bertz CT molecular complexity index is 764. The van der Waals surface area contributed by atoms with Gasteiger partial charge in [-0.15, -0.1) is 11.3 Å². The summed E-state index contributed by atoms with van der Waals surface area (Å²) >= 11 is 4.62. The van der Waals surface area contributed by atoms with Crippen LogP contribution in [0.5, 0.6) is 0 Å².